The van der Waals surface area contributed by atoms with Gasteiger partial charge in [0.15, 0.2) is 16.8 Å². The Balaban J connectivity index is 1.50. The molecule has 0 bridgehead atoms. The van der Waals surface area contributed by atoms with Crippen molar-refractivity contribution in [2.24, 2.45) is 0 Å². The molecule has 1 aromatic carbocycles. The van der Waals surface area contributed by atoms with E-state index < -0.39 is 0 Å². The van der Waals surface area contributed by atoms with Crippen LogP contribution in [0.5, 0.6) is 0 Å². The Labute approximate surface area is 175 Å². The van der Waals surface area contributed by atoms with E-state index >= 15 is 0 Å². The summed E-state index contributed by atoms with van der Waals surface area (Å²) in [6, 6.07) is 10.3. The van der Waals surface area contributed by atoms with Crippen LogP contribution in [0.25, 0.3) is 5.69 Å². The van der Waals surface area contributed by atoms with Crippen LogP contribution in [0.4, 0.5) is 0 Å². The molecular weight excluding hydrogens is 384 g/mol. The van der Waals surface area contributed by atoms with Crippen LogP contribution >= 0.6 is 11.8 Å². The van der Waals surface area contributed by atoms with E-state index in [2.05, 4.69) is 48.9 Å². The third-order valence-corrected chi connectivity index (χ3v) is 6.03. The maximum atomic E-state index is 5.41. The lowest BCUT2D eigenvalue weighted by molar-refractivity contribution is 0.214. The van der Waals surface area contributed by atoms with Gasteiger partial charge in [-0.2, -0.15) is 4.98 Å². The van der Waals surface area contributed by atoms with E-state index in [9.17, 15) is 0 Å². The van der Waals surface area contributed by atoms with Crippen LogP contribution in [-0.2, 0) is 18.7 Å². The van der Waals surface area contributed by atoms with Crippen LogP contribution in [0.15, 0.2) is 40.0 Å². The zero-order valence-corrected chi connectivity index (χ0v) is 17.8. The van der Waals surface area contributed by atoms with Gasteiger partial charge >= 0.3 is 0 Å². The van der Waals surface area contributed by atoms with Gasteiger partial charge in [0.1, 0.15) is 0 Å². The molecule has 4 rings (SSSR count). The van der Waals surface area contributed by atoms with Crippen LogP contribution in [-0.4, -0.2) is 42.9 Å². The van der Waals surface area contributed by atoms with Gasteiger partial charge in [0, 0.05) is 12.1 Å². The maximum absolute atomic E-state index is 5.41. The van der Waals surface area contributed by atoms with E-state index in [4.69, 9.17) is 4.52 Å². The number of nitrogens with zero attached hydrogens (tertiary/aromatic N) is 6. The Morgan fingerprint density at radius 2 is 1.90 bits per heavy atom. The van der Waals surface area contributed by atoms with Gasteiger partial charge in [0.05, 0.1) is 12.3 Å². The normalized spacial score (nSPS) is 15.1. The van der Waals surface area contributed by atoms with Gasteiger partial charge in [-0.1, -0.05) is 54.9 Å². The zero-order valence-electron chi connectivity index (χ0n) is 17.0. The van der Waals surface area contributed by atoms with E-state index in [0.29, 0.717) is 11.6 Å². The second-order valence-electron chi connectivity index (χ2n) is 7.40. The Morgan fingerprint density at radius 3 is 2.69 bits per heavy atom. The van der Waals surface area contributed by atoms with Gasteiger partial charge in [-0.15, -0.1) is 10.2 Å². The largest absolute Gasteiger partial charge is 0.338 e. The Morgan fingerprint density at radius 1 is 1.07 bits per heavy atom. The molecule has 3 aromatic rings. The van der Waals surface area contributed by atoms with Crippen molar-refractivity contribution in [2.45, 2.75) is 62.9 Å². The van der Waals surface area contributed by atoms with Crippen molar-refractivity contribution >= 4 is 11.8 Å². The summed E-state index contributed by atoms with van der Waals surface area (Å²) in [7, 11) is 0. The molecule has 1 aliphatic rings. The molecule has 1 fully saturated rings. The SMILES string of the molecule is CCCCc1noc(CSc2nnc(CN3CCCCC3)n2-c2ccccc2)n1. The quantitative estimate of drug-likeness (QED) is 0.486. The highest BCUT2D eigenvalue weighted by atomic mass is 32.2. The fourth-order valence-corrected chi connectivity index (χ4v) is 4.37. The van der Waals surface area contributed by atoms with E-state index in [0.717, 1.165) is 61.4 Å². The molecule has 0 saturated carbocycles. The van der Waals surface area contributed by atoms with E-state index in [1.807, 2.05) is 18.2 Å². The smallest absolute Gasteiger partial charge is 0.237 e. The molecule has 0 amide bonds. The summed E-state index contributed by atoms with van der Waals surface area (Å²) < 4.78 is 7.57. The first-order valence-corrected chi connectivity index (χ1v) is 11.5. The highest BCUT2D eigenvalue weighted by Crippen LogP contribution is 2.26. The molecule has 0 unspecified atom stereocenters. The number of hydrogen-bond donors (Lipinski definition) is 0. The lowest BCUT2D eigenvalue weighted by Gasteiger charge is -2.26. The molecular formula is C21H28N6OS. The van der Waals surface area contributed by atoms with Crippen LogP contribution in [0.2, 0.25) is 0 Å². The molecule has 0 atom stereocenters. The van der Waals surface area contributed by atoms with E-state index in [-0.39, 0.29) is 0 Å². The minimum absolute atomic E-state index is 0.591. The van der Waals surface area contributed by atoms with Crippen LogP contribution < -0.4 is 0 Å². The average molecular weight is 413 g/mol. The van der Waals surface area contributed by atoms with Crippen molar-refractivity contribution in [3.05, 3.63) is 47.9 Å². The van der Waals surface area contributed by atoms with Gasteiger partial charge in [0.25, 0.3) is 0 Å². The molecule has 154 valence electrons. The van der Waals surface area contributed by atoms with Gasteiger partial charge in [-0.05, 0) is 44.5 Å². The molecule has 0 aliphatic carbocycles. The predicted molar refractivity (Wildman–Crippen MR) is 113 cm³/mol. The molecule has 7 nitrogen and oxygen atoms in total. The summed E-state index contributed by atoms with van der Waals surface area (Å²) in [5.41, 5.74) is 1.08. The number of likely N-dealkylation sites (tertiary alicyclic amines) is 1. The summed E-state index contributed by atoms with van der Waals surface area (Å²) in [4.78, 5) is 6.97. The van der Waals surface area contributed by atoms with Gasteiger partial charge in [0.2, 0.25) is 5.89 Å². The lowest BCUT2D eigenvalue weighted by Crippen LogP contribution is -2.30. The number of piperidine rings is 1. The van der Waals surface area contributed by atoms with Crippen molar-refractivity contribution in [1.29, 1.82) is 0 Å². The van der Waals surface area contributed by atoms with E-state index in [1.54, 1.807) is 11.8 Å². The Bertz CT molecular complexity index is 888. The van der Waals surface area contributed by atoms with E-state index in [1.165, 1.54) is 19.3 Å². The Kier molecular flexibility index (Phi) is 6.95. The molecule has 1 saturated heterocycles. The number of thioether (sulfide) groups is 1. The number of benzene rings is 1. The first-order valence-electron chi connectivity index (χ1n) is 10.5. The van der Waals surface area contributed by atoms with Crippen LogP contribution in [0.3, 0.4) is 0 Å². The first kappa shape index (κ1) is 20.1. The summed E-state index contributed by atoms with van der Waals surface area (Å²) in [6.07, 6.45) is 6.92. The monoisotopic (exact) mass is 412 g/mol. The third kappa shape index (κ3) is 5.25. The molecule has 0 N–H and O–H groups in total. The third-order valence-electron chi connectivity index (χ3n) is 5.12. The maximum Gasteiger partial charge on any atom is 0.237 e. The molecule has 8 heteroatoms. The fraction of sp³-hybridized carbons (Fsp3) is 0.524. The van der Waals surface area contributed by atoms with Crippen molar-refractivity contribution in [3.63, 3.8) is 0 Å². The van der Waals surface area contributed by atoms with Gasteiger partial charge in [-0.25, -0.2) is 0 Å². The topological polar surface area (TPSA) is 72.9 Å². The average Bonchev–Trinajstić information content (AvgIpc) is 3.39. The standard InChI is InChI=1S/C21H28N6OS/c1-2-3-12-18-22-20(28-25-18)16-29-21-24-23-19(15-26-13-8-5-9-14-26)27(21)17-10-6-4-7-11-17/h4,6-7,10-11H,2-3,5,8-9,12-16H2,1H3. The molecule has 2 aromatic heterocycles. The molecule has 1 aliphatic heterocycles. The number of hydrogen-bond acceptors (Lipinski definition) is 7. The molecule has 0 spiro atoms. The molecule has 29 heavy (non-hydrogen) atoms. The van der Waals surface area contributed by atoms with Crippen LogP contribution in [0, 0.1) is 0 Å². The van der Waals surface area contributed by atoms with Crippen LogP contribution in [0.1, 0.15) is 56.6 Å². The summed E-state index contributed by atoms with van der Waals surface area (Å²) >= 11 is 1.59. The summed E-state index contributed by atoms with van der Waals surface area (Å²) in [6.45, 7) is 5.25. The van der Waals surface area contributed by atoms with Gasteiger partial charge in [-0.3, -0.25) is 9.47 Å². The first-order chi connectivity index (χ1) is 14.3. The van der Waals surface area contributed by atoms with Crippen molar-refractivity contribution in [1.82, 2.24) is 29.8 Å². The summed E-state index contributed by atoms with van der Waals surface area (Å²) in [5, 5.41) is 14.0. The van der Waals surface area contributed by atoms with Crippen molar-refractivity contribution in [2.75, 3.05) is 13.1 Å². The predicted octanol–water partition coefficient (Wildman–Crippen LogP) is 4.27. The zero-order chi connectivity index (χ0) is 19.9. The number of unbranched alkanes of at least 4 members (excludes halogenated alkanes) is 1. The fourth-order valence-electron chi connectivity index (χ4n) is 3.56. The van der Waals surface area contributed by atoms with Crippen molar-refractivity contribution < 1.29 is 4.52 Å². The summed E-state index contributed by atoms with van der Waals surface area (Å²) in [5.74, 6) is 3.00. The lowest BCUT2D eigenvalue weighted by atomic mass is 10.1. The minimum atomic E-state index is 0.591. The minimum Gasteiger partial charge on any atom is -0.338 e. The van der Waals surface area contributed by atoms with Gasteiger partial charge < -0.3 is 4.52 Å². The second kappa shape index (κ2) is 10.0. The number of aryl methyl sites for hydroxylation is 1. The van der Waals surface area contributed by atoms with Crippen molar-refractivity contribution in [3.8, 4) is 5.69 Å². The highest BCUT2D eigenvalue weighted by molar-refractivity contribution is 7.98. The second-order valence-corrected chi connectivity index (χ2v) is 8.35. The Hall–Kier alpha value is -2.19. The molecule has 3 heterocycles. The number of para-hydroxylation sites is 1. The number of rotatable bonds is 9. The molecule has 0 radical (unpaired) electrons. The number of aromatic nitrogens is 5. The highest BCUT2D eigenvalue weighted by Gasteiger charge is 2.19.